The number of benzene rings is 3. The number of amides is 1. The second kappa shape index (κ2) is 34.5. The molecule has 2 unspecified atom stereocenters. The minimum atomic E-state index is -4.35. The molecule has 2 heterocycles. The number of sulfone groups is 1. The first-order valence-corrected chi connectivity index (χ1v) is 33.2. The van der Waals surface area contributed by atoms with Crippen molar-refractivity contribution in [2.45, 2.75) is 88.2 Å². The number of ether oxygens (including phenoxy) is 2. The third-order valence-corrected chi connectivity index (χ3v) is 15.3. The van der Waals surface area contributed by atoms with Crippen LogP contribution in [0, 0.1) is 28.8 Å². The fourth-order valence-corrected chi connectivity index (χ4v) is 10.7. The molecule has 1 aliphatic carbocycles. The zero-order valence-corrected chi connectivity index (χ0v) is 51.6. The summed E-state index contributed by atoms with van der Waals surface area (Å²) in [5.74, 6) is -5.82. The first-order chi connectivity index (χ1) is 37.8. The number of aliphatic carboxylic acids is 1. The molecule has 2 atom stereocenters. The van der Waals surface area contributed by atoms with Crippen molar-refractivity contribution in [1.82, 2.24) is 14.7 Å². The minimum absolute atomic E-state index is 0.0223. The lowest BCUT2D eigenvalue weighted by Crippen LogP contribution is -2.43. The zero-order valence-electron chi connectivity index (χ0n) is 45.9. The van der Waals surface area contributed by atoms with E-state index in [-0.39, 0.29) is 56.9 Å². The number of Topliss-reactive ketones (excluding diaryl/α,β-unsaturated/α-hetero) is 3. The van der Waals surface area contributed by atoms with E-state index in [1.54, 1.807) is 21.4 Å². The van der Waals surface area contributed by atoms with Crippen LogP contribution < -0.4 is 24.8 Å². The number of nitro benzene ring substituents is 1. The van der Waals surface area contributed by atoms with Gasteiger partial charge in [-0.1, -0.05) is 36.7 Å². The van der Waals surface area contributed by atoms with Crippen LogP contribution in [0.4, 0.5) is 21.5 Å². The lowest BCUT2D eigenvalue weighted by atomic mass is 9.81. The van der Waals surface area contributed by atoms with Gasteiger partial charge in [-0.15, -0.1) is 23.4 Å². The van der Waals surface area contributed by atoms with Crippen LogP contribution in [-0.4, -0.2) is 144 Å². The Bertz CT molecular complexity index is 3170. The Labute approximate surface area is 489 Å². The number of fused-ring (bicyclic) bond motifs is 1. The van der Waals surface area contributed by atoms with Gasteiger partial charge < -0.3 is 33.8 Å². The molecule has 0 spiro atoms. The second-order valence-corrected chi connectivity index (χ2v) is 26.8. The fraction of sp³-hybridized carbons (Fsp3) is 0.480. The van der Waals surface area contributed by atoms with Gasteiger partial charge in [0.2, 0.25) is 10.7 Å². The summed E-state index contributed by atoms with van der Waals surface area (Å²) in [5, 5.41) is 21.3. The number of aryl methyl sites for hydroxylation is 2. The molecule has 3 aromatic carbocycles. The smallest absolute Gasteiger partial charge is 0.325 e. The van der Waals surface area contributed by atoms with Crippen LogP contribution in [0.5, 0.6) is 0 Å². The molecule has 4 aromatic rings. The number of hydrogen-bond donors (Lipinski definition) is 3. The number of carboxylic acid groups (broad SMARTS) is 1. The second-order valence-electron chi connectivity index (χ2n) is 18.1. The van der Waals surface area contributed by atoms with Crippen LogP contribution >= 0.6 is 53.9 Å². The maximum atomic E-state index is 14.3. The first kappa shape index (κ1) is 72.0. The van der Waals surface area contributed by atoms with E-state index in [4.69, 9.17) is 37.9 Å². The van der Waals surface area contributed by atoms with E-state index in [0.29, 0.717) is 46.7 Å². The number of carbonyl (C=O) groups excluding carboxylic acids is 5. The Hall–Kier alpha value is -5.13. The molecule has 31 heteroatoms. The number of nitro groups is 1. The number of aromatic nitrogens is 2. The van der Waals surface area contributed by atoms with Gasteiger partial charge in [-0.2, -0.15) is 0 Å². The average Bonchev–Trinajstić information content (AvgIpc) is 3.72. The Morgan fingerprint density at radius 3 is 2.17 bits per heavy atom. The molecular weight excluding hydrogens is 1210 g/mol. The summed E-state index contributed by atoms with van der Waals surface area (Å²) >= 11 is 13.9. The molecule has 1 aliphatic heterocycles. The monoisotopic (exact) mass is 1270 g/mol. The molecule has 1 amide bonds. The van der Waals surface area contributed by atoms with Crippen LogP contribution in [0.15, 0.2) is 68.1 Å². The standard InChI is InChI=1S/C15H15ClFN3O3S2.C15H22ClNO2.C14H13NO7S.C3H8NO5P.C3H9S/c1-23-13(21)8-24-12-7-11(10(17)6-9(12)16)18-14-19-4-2-3-5-20(19)15(22)25-14;1-5-13-8-6-7-11(2)15(13)17(14(18)9-16)12(3)10-19-4;1-23(21,22)8-5-6-9(10(7-8)15(19)20)14(18)13-11(16)3-2-4-12(13)17;5-3(6)1-4-2-10(7,8)9;1-4(2)3/h6-7H,2-5,8H2,1H3;6-8,12H,5,9-10H2,1-4H3;5-7,13H,2-4H2,1H3;4H,1-2H2,(H,5,6)(H2,7,8,9);1-3H3/q;;;;+1/p-1/b18-14-;;;;. The number of anilines is 1. The highest BCUT2D eigenvalue weighted by Crippen LogP contribution is 2.34. The zero-order chi connectivity index (χ0) is 61.5. The highest BCUT2D eigenvalue weighted by atomic mass is 35.5. The average molecular weight is 1270 g/mol. The van der Waals surface area contributed by atoms with E-state index >= 15 is 0 Å². The number of carboxylic acids is 1. The lowest BCUT2D eigenvalue weighted by molar-refractivity contribution is -0.385. The highest BCUT2D eigenvalue weighted by molar-refractivity contribution is 8.00. The molecule has 1 fully saturated rings. The number of nitrogens with one attached hydrogen (secondary N) is 1. The number of carbonyl (C=O) groups is 6. The van der Waals surface area contributed by atoms with E-state index in [1.807, 2.05) is 31.3 Å². The lowest BCUT2D eigenvalue weighted by Gasteiger charge is -2.31. The van der Waals surface area contributed by atoms with Crippen molar-refractivity contribution in [2.24, 2.45) is 10.9 Å². The maximum Gasteiger partial charge on any atom is 0.325 e. The molecule has 0 saturated heterocycles. The van der Waals surface area contributed by atoms with Crippen LogP contribution in [0.25, 0.3) is 0 Å². The molecule has 448 valence electrons. The van der Waals surface area contributed by atoms with Gasteiger partial charge in [0.05, 0.1) is 83.2 Å². The summed E-state index contributed by atoms with van der Waals surface area (Å²) in [4.78, 5) is 116. The Morgan fingerprint density at radius 1 is 1.05 bits per heavy atom. The highest BCUT2D eigenvalue weighted by Gasteiger charge is 2.39. The molecule has 1 aromatic heterocycles. The van der Waals surface area contributed by atoms with Crippen LogP contribution in [0.1, 0.15) is 67.4 Å². The van der Waals surface area contributed by atoms with Gasteiger partial charge in [0.1, 0.15) is 30.9 Å². The number of methoxy groups -OCH3 is 2. The molecule has 0 radical (unpaired) electrons. The molecule has 3 N–H and O–H groups in total. The molecular formula is C50H66Cl2FN6O17PS4. The van der Waals surface area contributed by atoms with Crippen molar-refractivity contribution in [3.63, 3.8) is 0 Å². The number of alkyl halides is 1. The number of nitrogens with zero attached hydrogens (tertiary/aromatic N) is 5. The summed E-state index contributed by atoms with van der Waals surface area (Å²) in [6, 6.07) is 11.5. The summed E-state index contributed by atoms with van der Waals surface area (Å²) in [6.07, 6.45) is 10.0. The van der Waals surface area contributed by atoms with Crippen molar-refractivity contribution in [3.8, 4) is 0 Å². The topological polar surface area (TPSA) is 333 Å². The van der Waals surface area contributed by atoms with Gasteiger partial charge >= 0.3 is 16.8 Å². The number of rotatable bonds is 18. The van der Waals surface area contributed by atoms with E-state index < -0.39 is 87.5 Å². The number of esters is 1. The fourth-order valence-electron chi connectivity index (χ4n) is 7.51. The molecule has 81 heavy (non-hydrogen) atoms. The summed E-state index contributed by atoms with van der Waals surface area (Å²) in [6.45, 7) is 7.41. The van der Waals surface area contributed by atoms with Crippen molar-refractivity contribution in [1.29, 1.82) is 0 Å². The third-order valence-electron chi connectivity index (χ3n) is 11.1. The number of hydrogen-bond acceptors (Lipinski definition) is 19. The molecule has 1 saturated carbocycles. The number of para-hydroxylation sites is 1. The van der Waals surface area contributed by atoms with Crippen LogP contribution in [0.2, 0.25) is 5.02 Å². The van der Waals surface area contributed by atoms with Crippen LogP contribution in [-0.2, 0) is 78.3 Å². The number of halogens is 3. The normalized spacial score (nSPS) is 14.4. The summed E-state index contributed by atoms with van der Waals surface area (Å²) in [7, 11) is -4.47. The minimum Gasteiger partial charge on any atom is -0.778 e. The Balaban J connectivity index is 0.000000374. The molecule has 23 nitrogen and oxygen atoms in total. The van der Waals surface area contributed by atoms with Gasteiger partial charge in [-0.25, -0.2) is 22.5 Å². The summed E-state index contributed by atoms with van der Waals surface area (Å²) in [5.41, 5.74) is 2.13. The van der Waals surface area contributed by atoms with Crippen molar-refractivity contribution < 1.29 is 75.4 Å². The SMILES string of the molecule is CCc1cccc(C)c1N(C(=O)CCl)C(C)COC.COC(=O)CSc1cc(/N=c2\sc(=O)n3n2CCCC3)c(F)cc1Cl.CS(=O)(=O)c1ccc(C(=O)C2C(=O)CCCC2=O)c([N+](=O)[O-])c1.C[S+](C)C.O=C(O)CNCP(=O)([O-])O. The number of ketones is 3. The molecule has 2 aliphatic rings. The molecule has 0 bridgehead atoms. The van der Waals surface area contributed by atoms with Crippen LogP contribution in [0.3, 0.4) is 0 Å². The van der Waals surface area contributed by atoms with Crippen molar-refractivity contribution in [2.75, 3.05) is 75.2 Å². The van der Waals surface area contributed by atoms with Gasteiger partial charge in [0, 0.05) is 50.3 Å². The van der Waals surface area contributed by atoms with Gasteiger partial charge in [0.25, 0.3) is 5.69 Å². The van der Waals surface area contributed by atoms with E-state index in [1.165, 1.54) is 13.2 Å². The van der Waals surface area contributed by atoms with Gasteiger partial charge in [0.15, 0.2) is 27.2 Å². The Morgan fingerprint density at radius 2 is 1.65 bits per heavy atom. The van der Waals surface area contributed by atoms with Crippen molar-refractivity contribution >= 4 is 127 Å². The third kappa shape index (κ3) is 23.6. The predicted octanol–water partition coefficient (Wildman–Crippen LogP) is 5.74. The molecule has 6 rings (SSSR count). The van der Waals surface area contributed by atoms with Crippen molar-refractivity contribution in [3.05, 3.63) is 101 Å². The quantitative estimate of drug-likeness (QED) is 0.0123. The van der Waals surface area contributed by atoms with Gasteiger partial charge in [-0.05, 0) is 97.2 Å². The number of thioether (sulfide) groups is 1. The first-order valence-electron chi connectivity index (χ1n) is 24.4. The van der Waals surface area contributed by atoms with E-state index in [2.05, 4.69) is 41.5 Å². The largest absolute Gasteiger partial charge is 0.778 e. The van der Waals surface area contributed by atoms with E-state index in [0.717, 1.165) is 89.7 Å². The van der Waals surface area contributed by atoms with E-state index in [9.17, 15) is 65.9 Å². The predicted molar refractivity (Wildman–Crippen MR) is 309 cm³/mol. The van der Waals surface area contributed by atoms with Gasteiger partial charge in [-0.3, -0.25) is 53.7 Å². The maximum absolute atomic E-state index is 14.3. The Kier molecular flexibility index (Phi) is 30.6. The summed E-state index contributed by atoms with van der Waals surface area (Å²) < 4.78 is 60.3.